The van der Waals surface area contributed by atoms with Gasteiger partial charge in [-0.25, -0.2) is 0 Å². The van der Waals surface area contributed by atoms with E-state index in [4.69, 9.17) is 14.2 Å². The van der Waals surface area contributed by atoms with Crippen molar-refractivity contribution < 1.29 is 19.0 Å². The summed E-state index contributed by atoms with van der Waals surface area (Å²) >= 11 is 0. The Morgan fingerprint density at radius 3 is 2.87 bits per heavy atom. The fraction of sp³-hybridized carbons (Fsp3) is 0.611. The molecule has 1 saturated heterocycles. The van der Waals surface area contributed by atoms with Gasteiger partial charge >= 0.3 is 0 Å². The highest BCUT2D eigenvalue weighted by atomic mass is 16.5. The lowest BCUT2D eigenvalue weighted by Crippen LogP contribution is -2.41. The number of benzene rings is 1. The van der Waals surface area contributed by atoms with Crippen LogP contribution in [-0.4, -0.2) is 44.5 Å². The second kappa shape index (κ2) is 8.89. The summed E-state index contributed by atoms with van der Waals surface area (Å²) < 4.78 is 16.5. The van der Waals surface area contributed by atoms with Crippen LogP contribution in [0.15, 0.2) is 24.3 Å². The zero-order valence-electron chi connectivity index (χ0n) is 14.2. The number of amides is 1. The average molecular weight is 321 g/mol. The third-order valence-electron chi connectivity index (χ3n) is 4.03. The summed E-state index contributed by atoms with van der Waals surface area (Å²) in [4.78, 5) is 12.2. The Bertz CT molecular complexity index is 500. The normalized spacial score (nSPS) is 20.0. The summed E-state index contributed by atoms with van der Waals surface area (Å²) in [5.74, 6) is 0.752. The first-order valence-corrected chi connectivity index (χ1v) is 8.25. The molecule has 1 aliphatic rings. The molecular formula is C18H27NO4. The Labute approximate surface area is 138 Å². The van der Waals surface area contributed by atoms with Gasteiger partial charge in [-0.3, -0.25) is 4.79 Å². The van der Waals surface area contributed by atoms with Gasteiger partial charge in [0.05, 0.1) is 19.8 Å². The molecule has 23 heavy (non-hydrogen) atoms. The summed E-state index contributed by atoms with van der Waals surface area (Å²) in [6, 6.07) is 7.86. The number of hydrogen-bond acceptors (Lipinski definition) is 4. The minimum Gasteiger partial charge on any atom is -0.496 e. The van der Waals surface area contributed by atoms with Crippen molar-refractivity contribution in [2.24, 2.45) is 0 Å². The number of para-hydroxylation sites is 1. The van der Waals surface area contributed by atoms with E-state index in [1.54, 1.807) is 14.0 Å². The first-order valence-electron chi connectivity index (χ1n) is 8.25. The van der Waals surface area contributed by atoms with E-state index >= 15 is 0 Å². The number of ether oxygens (including phenoxy) is 3. The monoisotopic (exact) mass is 321 g/mol. The van der Waals surface area contributed by atoms with Crippen LogP contribution in [0.2, 0.25) is 0 Å². The summed E-state index contributed by atoms with van der Waals surface area (Å²) in [6.45, 7) is 5.04. The van der Waals surface area contributed by atoms with E-state index in [1.807, 2.05) is 31.2 Å². The number of carbonyl (C=O) groups excluding carboxylic acids is 1. The van der Waals surface area contributed by atoms with Gasteiger partial charge in [0.2, 0.25) is 5.91 Å². The van der Waals surface area contributed by atoms with Gasteiger partial charge in [0, 0.05) is 12.6 Å². The lowest BCUT2D eigenvalue weighted by molar-refractivity contribution is -0.134. The van der Waals surface area contributed by atoms with E-state index in [9.17, 15) is 4.79 Å². The standard InChI is InChI=1S/C18H27NO4/c1-13(11-15-7-4-5-9-17(15)21-3)19-18(20)14(2)23-12-16-8-6-10-22-16/h4-5,7,9,13-14,16H,6,8,10-12H2,1-3H3,(H,19,20)/t13-,14+,16+/m0/s1. The van der Waals surface area contributed by atoms with E-state index in [2.05, 4.69) is 5.32 Å². The van der Waals surface area contributed by atoms with Gasteiger partial charge in [0.15, 0.2) is 0 Å². The Hall–Kier alpha value is -1.59. The van der Waals surface area contributed by atoms with Crippen molar-refractivity contribution in [2.45, 2.75) is 51.4 Å². The Morgan fingerprint density at radius 1 is 1.39 bits per heavy atom. The van der Waals surface area contributed by atoms with Gasteiger partial charge in [-0.05, 0) is 44.7 Å². The van der Waals surface area contributed by atoms with Gasteiger partial charge in [-0.2, -0.15) is 0 Å². The fourth-order valence-corrected chi connectivity index (χ4v) is 2.72. The number of carbonyl (C=O) groups is 1. The number of rotatable bonds is 8. The molecule has 0 spiro atoms. The minimum absolute atomic E-state index is 0.00702. The third kappa shape index (κ3) is 5.52. The van der Waals surface area contributed by atoms with Gasteiger partial charge in [-0.15, -0.1) is 0 Å². The highest BCUT2D eigenvalue weighted by molar-refractivity contribution is 5.80. The van der Waals surface area contributed by atoms with Crippen LogP contribution in [0.1, 0.15) is 32.3 Å². The van der Waals surface area contributed by atoms with Gasteiger partial charge in [0.1, 0.15) is 11.9 Å². The fourth-order valence-electron chi connectivity index (χ4n) is 2.72. The van der Waals surface area contributed by atoms with Crippen LogP contribution < -0.4 is 10.1 Å². The highest BCUT2D eigenvalue weighted by Crippen LogP contribution is 2.19. The second-order valence-electron chi connectivity index (χ2n) is 6.04. The lowest BCUT2D eigenvalue weighted by Gasteiger charge is -2.20. The van der Waals surface area contributed by atoms with E-state index in [0.717, 1.165) is 30.8 Å². The average Bonchev–Trinajstić information content (AvgIpc) is 3.06. The third-order valence-corrected chi connectivity index (χ3v) is 4.03. The molecular weight excluding hydrogens is 294 g/mol. The van der Waals surface area contributed by atoms with Crippen molar-refractivity contribution in [1.82, 2.24) is 5.32 Å². The van der Waals surface area contributed by atoms with Crippen LogP contribution in [0.5, 0.6) is 5.75 Å². The zero-order chi connectivity index (χ0) is 16.7. The lowest BCUT2D eigenvalue weighted by atomic mass is 10.1. The highest BCUT2D eigenvalue weighted by Gasteiger charge is 2.21. The molecule has 3 atom stereocenters. The molecule has 0 aromatic heterocycles. The predicted octanol–water partition coefficient (Wildman–Crippen LogP) is 2.33. The SMILES string of the molecule is COc1ccccc1C[C@H](C)NC(=O)[C@@H](C)OC[C@H]1CCCO1. The maximum absolute atomic E-state index is 12.2. The van der Waals surface area contributed by atoms with E-state index < -0.39 is 6.10 Å². The number of hydrogen-bond donors (Lipinski definition) is 1. The molecule has 0 radical (unpaired) electrons. The smallest absolute Gasteiger partial charge is 0.249 e. The molecule has 1 aromatic carbocycles. The minimum atomic E-state index is -0.473. The molecule has 0 saturated carbocycles. The molecule has 0 bridgehead atoms. The molecule has 5 nitrogen and oxygen atoms in total. The van der Waals surface area contributed by atoms with Gasteiger partial charge < -0.3 is 19.5 Å². The van der Waals surface area contributed by atoms with Crippen LogP contribution in [0.4, 0.5) is 0 Å². The van der Waals surface area contributed by atoms with Crippen LogP contribution >= 0.6 is 0 Å². The van der Waals surface area contributed by atoms with Gasteiger partial charge in [0.25, 0.3) is 0 Å². The molecule has 128 valence electrons. The maximum atomic E-state index is 12.2. The molecule has 1 amide bonds. The molecule has 1 N–H and O–H groups in total. The largest absolute Gasteiger partial charge is 0.496 e. The van der Waals surface area contributed by atoms with Crippen LogP contribution in [0, 0.1) is 0 Å². The molecule has 0 unspecified atom stereocenters. The summed E-state index contributed by atoms with van der Waals surface area (Å²) in [5.41, 5.74) is 1.08. The van der Waals surface area contributed by atoms with Crippen molar-refractivity contribution in [3.63, 3.8) is 0 Å². The summed E-state index contributed by atoms with van der Waals surface area (Å²) in [7, 11) is 1.66. The Morgan fingerprint density at radius 2 is 2.17 bits per heavy atom. The summed E-state index contributed by atoms with van der Waals surface area (Å²) in [6.07, 6.45) is 2.47. The summed E-state index contributed by atoms with van der Waals surface area (Å²) in [5, 5.41) is 2.99. The first-order chi connectivity index (χ1) is 11.1. The number of methoxy groups -OCH3 is 1. The van der Waals surface area contributed by atoms with Crippen LogP contribution in [-0.2, 0) is 20.7 Å². The molecule has 2 rings (SSSR count). The van der Waals surface area contributed by atoms with E-state index in [0.29, 0.717) is 13.0 Å². The van der Waals surface area contributed by atoms with Crippen molar-refractivity contribution in [2.75, 3.05) is 20.3 Å². The number of nitrogens with one attached hydrogen (secondary N) is 1. The first kappa shape index (κ1) is 17.8. The zero-order valence-corrected chi connectivity index (χ0v) is 14.2. The molecule has 1 heterocycles. The topological polar surface area (TPSA) is 56.8 Å². The molecule has 5 heteroatoms. The van der Waals surface area contributed by atoms with E-state index in [-0.39, 0.29) is 18.1 Å². The van der Waals surface area contributed by atoms with Crippen molar-refractivity contribution in [3.05, 3.63) is 29.8 Å². The van der Waals surface area contributed by atoms with Crippen molar-refractivity contribution >= 4 is 5.91 Å². The Balaban J connectivity index is 1.76. The molecule has 1 aliphatic heterocycles. The Kier molecular flexibility index (Phi) is 6.86. The molecule has 1 fully saturated rings. The second-order valence-corrected chi connectivity index (χ2v) is 6.04. The van der Waals surface area contributed by atoms with Crippen molar-refractivity contribution in [3.8, 4) is 5.75 Å². The van der Waals surface area contributed by atoms with Crippen LogP contribution in [0.25, 0.3) is 0 Å². The van der Waals surface area contributed by atoms with Crippen molar-refractivity contribution in [1.29, 1.82) is 0 Å². The quantitative estimate of drug-likeness (QED) is 0.798. The van der Waals surface area contributed by atoms with Gasteiger partial charge in [-0.1, -0.05) is 18.2 Å². The predicted molar refractivity (Wildman–Crippen MR) is 88.7 cm³/mol. The van der Waals surface area contributed by atoms with E-state index in [1.165, 1.54) is 0 Å². The molecule has 0 aliphatic carbocycles. The maximum Gasteiger partial charge on any atom is 0.249 e. The van der Waals surface area contributed by atoms with Crippen LogP contribution in [0.3, 0.4) is 0 Å². The molecule has 1 aromatic rings.